The average molecular weight is 261 g/mol. The summed E-state index contributed by atoms with van der Waals surface area (Å²) >= 11 is 3.10. The van der Waals surface area contributed by atoms with Gasteiger partial charge in [0.05, 0.1) is 17.2 Å². The number of hydrogen-bond acceptors (Lipinski definition) is 2. The van der Waals surface area contributed by atoms with Gasteiger partial charge >= 0.3 is 0 Å². The third-order valence-corrected chi connectivity index (χ3v) is 3.22. The molecule has 2 rings (SSSR count). The molecular weight excluding hydrogens is 251 g/mol. The zero-order chi connectivity index (χ0) is 10.3. The van der Waals surface area contributed by atoms with Crippen molar-refractivity contribution in [3.05, 3.63) is 28.0 Å². The molecule has 1 aliphatic carbocycles. The Morgan fingerprint density at radius 1 is 1.50 bits per heavy atom. The highest BCUT2D eigenvalue weighted by atomic mass is 79.9. The van der Waals surface area contributed by atoms with E-state index < -0.39 is 5.60 Å². The molecule has 14 heavy (non-hydrogen) atoms. The molecule has 1 aliphatic rings. The summed E-state index contributed by atoms with van der Waals surface area (Å²) in [6, 6.07) is 2.91. The normalized spacial score (nSPS) is 18.0. The summed E-state index contributed by atoms with van der Waals surface area (Å²) in [6.07, 6.45) is 1.42. The lowest BCUT2D eigenvalue weighted by Gasteiger charge is -2.14. The van der Waals surface area contributed by atoms with Gasteiger partial charge in [-0.1, -0.05) is 0 Å². The summed E-state index contributed by atoms with van der Waals surface area (Å²) in [4.78, 5) is 0. The molecule has 2 nitrogen and oxygen atoms in total. The fourth-order valence-corrected chi connectivity index (χ4v) is 1.99. The summed E-state index contributed by atoms with van der Waals surface area (Å²) in [5.41, 5.74) is -0.144. The van der Waals surface area contributed by atoms with Gasteiger partial charge in [0.2, 0.25) is 0 Å². The molecular formula is C10H10BrFO2. The van der Waals surface area contributed by atoms with Crippen LogP contribution in [0, 0.1) is 5.82 Å². The van der Waals surface area contributed by atoms with E-state index in [0.29, 0.717) is 24.2 Å². The number of halogens is 2. The molecule has 1 saturated carbocycles. The molecule has 0 amide bonds. The van der Waals surface area contributed by atoms with Crippen LogP contribution in [0.5, 0.6) is 5.75 Å². The SMILES string of the molecule is COc1c(C2(O)CC2)ccc(F)c1Br. The lowest BCUT2D eigenvalue weighted by atomic mass is 10.1. The van der Waals surface area contributed by atoms with E-state index in [1.54, 1.807) is 6.07 Å². The van der Waals surface area contributed by atoms with E-state index in [9.17, 15) is 9.50 Å². The minimum absolute atomic E-state index is 0.276. The van der Waals surface area contributed by atoms with Gasteiger partial charge in [-0.05, 0) is 40.9 Å². The quantitative estimate of drug-likeness (QED) is 0.886. The van der Waals surface area contributed by atoms with Crippen molar-refractivity contribution in [3.63, 3.8) is 0 Å². The third kappa shape index (κ3) is 1.42. The van der Waals surface area contributed by atoms with Crippen molar-refractivity contribution in [1.82, 2.24) is 0 Å². The number of methoxy groups -OCH3 is 1. The van der Waals surface area contributed by atoms with Gasteiger partial charge in [-0.25, -0.2) is 4.39 Å². The molecule has 0 spiro atoms. The lowest BCUT2D eigenvalue weighted by Crippen LogP contribution is -2.07. The van der Waals surface area contributed by atoms with Gasteiger partial charge in [-0.15, -0.1) is 0 Å². The van der Waals surface area contributed by atoms with E-state index in [0.717, 1.165) is 0 Å². The Bertz CT molecular complexity index is 375. The molecule has 1 aromatic carbocycles. The number of rotatable bonds is 2. The molecule has 0 radical (unpaired) electrons. The van der Waals surface area contributed by atoms with E-state index in [4.69, 9.17) is 4.74 Å². The highest BCUT2D eigenvalue weighted by molar-refractivity contribution is 9.10. The summed E-state index contributed by atoms with van der Waals surface area (Å²) in [5.74, 6) is 0.0137. The smallest absolute Gasteiger partial charge is 0.142 e. The minimum Gasteiger partial charge on any atom is -0.495 e. The average Bonchev–Trinajstić information content (AvgIpc) is 2.89. The fourth-order valence-electron chi connectivity index (χ4n) is 1.49. The highest BCUT2D eigenvalue weighted by Crippen LogP contribution is 2.50. The second kappa shape index (κ2) is 3.21. The summed E-state index contributed by atoms with van der Waals surface area (Å²) in [7, 11) is 1.47. The lowest BCUT2D eigenvalue weighted by molar-refractivity contribution is 0.147. The third-order valence-electron chi connectivity index (χ3n) is 2.48. The number of ether oxygens (including phenoxy) is 1. The largest absolute Gasteiger partial charge is 0.495 e. The van der Waals surface area contributed by atoms with Crippen LogP contribution >= 0.6 is 15.9 Å². The van der Waals surface area contributed by atoms with Crippen molar-refractivity contribution in [2.45, 2.75) is 18.4 Å². The molecule has 1 aromatic rings. The minimum atomic E-state index is -0.804. The second-order valence-corrected chi connectivity index (χ2v) is 4.27. The van der Waals surface area contributed by atoms with Crippen molar-refractivity contribution in [2.24, 2.45) is 0 Å². The predicted octanol–water partition coefficient (Wildman–Crippen LogP) is 2.58. The van der Waals surface area contributed by atoms with Crippen LogP contribution in [0.3, 0.4) is 0 Å². The van der Waals surface area contributed by atoms with Gasteiger partial charge in [-0.3, -0.25) is 0 Å². The number of aliphatic hydroxyl groups is 1. The van der Waals surface area contributed by atoms with E-state index in [2.05, 4.69) is 15.9 Å². The summed E-state index contributed by atoms with van der Waals surface area (Å²) in [6.45, 7) is 0. The maximum absolute atomic E-state index is 13.1. The van der Waals surface area contributed by atoms with Gasteiger partial charge in [0.1, 0.15) is 11.6 Å². The van der Waals surface area contributed by atoms with Crippen molar-refractivity contribution in [3.8, 4) is 5.75 Å². The predicted molar refractivity (Wildman–Crippen MR) is 53.8 cm³/mol. The van der Waals surface area contributed by atoms with Crippen LogP contribution in [-0.2, 0) is 5.60 Å². The van der Waals surface area contributed by atoms with Crippen molar-refractivity contribution < 1.29 is 14.2 Å². The van der Waals surface area contributed by atoms with Gasteiger partial charge in [-0.2, -0.15) is 0 Å². The molecule has 1 N–H and O–H groups in total. The van der Waals surface area contributed by atoms with Crippen molar-refractivity contribution >= 4 is 15.9 Å². The molecule has 4 heteroatoms. The molecule has 0 unspecified atom stereocenters. The maximum atomic E-state index is 13.1. The Hall–Kier alpha value is -0.610. The highest BCUT2D eigenvalue weighted by Gasteiger charge is 2.44. The maximum Gasteiger partial charge on any atom is 0.142 e. The van der Waals surface area contributed by atoms with Crippen LogP contribution in [0.15, 0.2) is 16.6 Å². The number of hydrogen-bond donors (Lipinski definition) is 1. The molecule has 0 saturated heterocycles. The summed E-state index contributed by atoms with van der Waals surface area (Å²) < 4.78 is 18.5. The second-order valence-electron chi connectivity index (χ2n) is 3.47. The Morgan fingerprint density at radius 3 is 2.64 bits per heavy atom. The zero-order valence-corrected chi connectivity index (χ0v) is 9.27. The Balaban J connectivity index is 2.55. The van der Waals surface area contributed by atoms with Crippen LogP contribution in [-0.4, -0.2) is 12.2 Å². The van der Waals surface area contributed by atoms with Crippen LogP contribution in [0.2, 0.25) is 0 Å². The van der Waals surface area contributed by atoms with E-state index >= 15 is 0 Å². The molecule has 0 aromatic heterocycles. The first-order chi connectivity index (χ1) is 6.58. The zero-order valence-electron chi connectivity index (χ0n) is 7.68. The molecule has 1 fully saturated rings. The van der Waals surface area contributed by atoms with Crippen LogP contribution in [0.1, 0.15) is 18.4 Å². The number of benzene rings is 1. The van der Waals surface area contributed by atoms with Crippen molar-refractivity contribution in [2.75, 3.05) is 7.11 Å². The molecule has 0 atom stereocenters. The Kier molecular flexibility index (Phi) is 2.27. The van der Waals surface area contributed by atoms with E-state index in [1.807, 2.05) is 0 Å². The monoisotopic (exact) mass is 260 g/mol. The fraction of sp³-hybridized carbons (Fsp3) is 0.400. The van der Waals surface area contributed by atoms with Gasteiger partial charge in [0.15, 0.2) is 0 Å². The molecule has 0 heterocycles. The standard InChI is InChI=1S/C10H10BrFO2/c1-14-9-6(10(13)4-5-10)2-3-7(12)8(9)11/h2-3,13H,4-5H2,1H3. The van der Waals surface area contributed by atoms with Crippen molar-refractivity contribution in [1.29, 1.82) is 0 Å². The van der Waals surface area contributed by atoms with Crippen LogP contribution in [0.25, 0.3) is 0 Å². The van der Waals surface area contributed by atoms with E-state index in [1.165, 1.54) is 13.2 Å². The first kappa shape index (κ1) is 9.93. The van der Waals surface area contributed by atoms with E-state index in [-0.39, 0.29) is 10.3 Å². The first-order valence-electron chi connectivity index (χ1n) is 4.33. The molecule has 0 bridgehead atoms. The first-order valence-corrected chi connectivity index (χ1v) is 5.12. The molecule has 76 valence electrons. The topological polar surface area (TPSA) is 29.5 Å². The Morgan fingerprint density at radius 2 is 2.14 bits per heavy atom. The van der Waals surface area contributed by atoms with Crippen LogP contribution < -0.4 is 4.74 Å². The van der Waals surface area contributed by atoms with Gasteiger partial charge < -0.3 is 9.84 Å². The van der Waals surface area contributed by atoms with Gasteiger partial charge in [0, 0.05) is 5.56 Å². The Labute approximate surface area is 89.8 Å². The van der Waals surface area contributed by atoms with Gasteiger partial charge in [0.25, 0.3) is 0 Å². The van der Waals surface area contributed by atoms with Crippen LogP contribution in [0.4, 0.5) is 4.39 Å². The molecule has 0 aliphatic heterocycles. The summed E-state index contributed by atoms with van der Waals surface area (Å²) in [5, 5.41) is 9.90.